The van der Waals surface area contributed by atoms with Crippen LogP contribution in [-0.2, 0) is 11.3 Å². The summed E-state index contributed by atoms with van der Waals surface area (Å²) in [6.45, 7) is 0.767. The molecule has 5 nitrogen and oxygen atoms in total. The highest BCUT2D eigenvalue weighted by Crippen LogP contribution is 2.14. The molecule has 1 saturated heterocycles. The van der Waals surface area contributed by atoms with E-state index in [0.717, 1.165) is 5.56 Å². The topological polar surface area (TPSA) is 67.8 Å². The molecular weight excluding hydrogens is 210 g/mol. The number of hydrogen-bond donors (Lipinski definition) is 2. The second-order valence-electron chi connectivity index (χ2n) is 3.52. The molecule has 0 aliphatic carbocycles. The third kappa shape index (κ3) is 2.64. The highest BCUT2D eigenvalue weighted by Gasteiger charge is 2.22. The minimum atomic E-state index is -0.405. The number of carbonyl (C=O) groups excluding carboxylic acids is 1. The van der Waals surface area contributed by atoms with Gasteiger partial charge in [-0.25, -0.2) is 4.79 Å². The van der Waals surface area contributed by atoms with Crippen LogP contribution in [0.25, 0.3) is 0 Å². The van der Waals surface area contributed by atoms with Gasteiger partial charge in [-0.05, 0) is 17.7 Å². The zero-order valence-corrected chi connectivity index (χ0v) is 8.68. The summed E-state index contributed by atoms with van der Waals surface area (Å²) in [6.07, 6.45) is -0.650. The summed E-state index contributed by atoms with van der Waals surface area (Å²) in [7, 11) is 0. The van der Waals surface area contributed by atoms with Crippen LogP contribution in [0.2, 0.25) is 0 Å². The Labute approximate surface area is 93.0 Å². The van der Waals surface area contributed by atoms with Gasteiger partial charge in [0.25, 0.3) is 0 Å². The monoisotopic (exact) mass is 223 g/mol. The van der Waals surface area contributed by atoms with Gasteiger partial charge in [0.15, 0.2) is 6.10 Å². The van der Waals surface area contributed by atoms with Crippen molar-refractivity contribution in [1.82, 2.24) is 5.32 Å². The summed E-state index contributed by atoms with van der Waals surface area (Å²) in [5.41, 5.74) is 0.791. The van der Waals surface area contributed by atoms with Crippen molar-refractivity contribution in [2.24, 2.45) is 0 Å². The van der Waals surface area contributed by atoms with E-state index in [0.29, 0.717) is 18.9 Å². The first-order valence-corrected chi connectivity index (χ1v) is 5.05. The van der Waals surface area contributed by atoms with E-state index in [1.165, 1.54) is 0 Å². The number of hydrogen-bond acceptors (Lipinski definition) is 4. The normalized spacial score (nSPS) is 19.1. The average Bonchev–Trinajstić information content (AvgIpc) is 2.73. The molecule has 2 N–H and O–H groups in total. The Balaban J connectivity index is 1.87. The zero-order chi connectivity index (χ0) is 11.4. The Morgan fingerprint density at radius 2 is 2.44 bits per heavy atom. The highest BCUT2D eigenvalue weighted by molar-refractivity contribution is 5.69. The zero-order valence-electron chi connectivity index (χ0n) is 8.68. The molecule has 0 saturated carbocycles. The number of rotatable bonds is 4. The Kier molecular flexibility index (Phi) is 3.26. The number of aliphatic hydroxyl groups excluding tert-OH is 1. The Morgan fingerprint density at radius 3 is 3.12 bits per heavy atom. The van der Waals surface area contributed by atoms with E-state index in [9.17, 15) is 4.79 Å². The number of carbonyl (C=O) groups is 1. The molecule has 1 fully saturated rings. The fourth-order valence-corrected chi connectivity index (χ4v) is 1.45. The fraction of sp³-hybridized carbons (Fsp3) is 0.364. The van der Waals surface area contributed by atoms with Crippen LogP contribution in [0.4, 0.5) is 4.79 Å². The quantitative estimate of drug-likeness (QED) is 0.787. The van der Waals surface area contributed by atoms with Crippen LogP contribution in [0.5, 0.6) is 5.75 Å². The van der Waals surface area contributed by atoms with Gasteiger partial charge in [0.1, 0.15) is 12.4 Å². The van der Waals surface area contributed by atoms with E-state index in [2.05, 4.69) is 5.32 Å². The molecule has 0 spiro atoms. The van der Waals surface area contributed by atoms with Gasteiger partial charge in [0.2, 0.25) is 0 Å². The largest absolute Gasteiger partial charge is 0.490 e. The minimum absolute atomic E-state index is 0.0167. The van der Waals surface area contributed by atoms with Crippen LogP contribution in [0.15, 0.2) is 24.3 Å². The number of alkyl carbamates (subject to hydrolysis) is 1. The van der Waals surface area contributed by atoms with Gasteiger partial charge in [0.05, 0.1) is 13.2 Å². The molecule has 1 heterocycles. The van der Waals surface area contributed by atoms with Gasteiger partial charge in [-0.3, -0.25) is 0 Å². The molecule has 1 unspecified atom stereocenters. The predicted molar refractivity (Wildman–Crippen MR) is 56.1 cm³/mol. The Hall–Kier alpha value is -1.75. The van der Waals surface area contributed by atoms with E-state index in [4.69, 9.17) is 14.6 Å². The Bertz CT molecular complexity index is 380. The summed E-state index contributed by atoms with van der Waals surface area (Å²) >= 11 is 0. The number of aliphatic hydroxyl groups is 1. The van der Waals surface area contributed by atoms with E-state index in [1.54, 1.807) is 18.2 Å². The molecule has 16 heavy (non-hydrogen) atoms. The van der Waals surface area contributed by atoms with Crippen molar-refractivity contribution in [3.8, 4) is 5.75 Å². The van der Waals surface area contributed by atoms with Crippen molar-refractivity contribution in [3.05, 3.63) is 29.8 Å². The van der Waals surface area contributed by atoms with Crippen LogP contribution in [-0.4, -0.2) is 30.5 Å². The maximum atomic E-state index is 10.7. The summed E-state index contributed by atoms with van der Waals surface area (Å²) in [4.78, 5) is 10.7. The maximum Gasteiger partial charge on any atom is 0.407 e. The lowest BCUT2D eigenvalue weighted by molar-refractivity contribution is 0.105. The molecule has 86 valence electrons. The van der Waals surface area contributed by atoms with E-state index in [-0.39, 0.29) is 12.7 Å². The van der Waals surface area contributed by atoms with Crippen molar-refractivity contribution in [2.75, 3.05) is 13.2 Å². The first-order valence-electron chi connectivity index (χ1n) is 5.05. The molecule has 1 aliphatic heterocycles. The molecule has 5 heteroatoms. The predicted octanol–water partition coefficient (Wildman–Crippen LogP) is 0.666. The maximum absolute atomic E-state index is 10.7. The molecule has 1 aliphatic rings. The van der Waals surface area contributed by atoms with Gasteiger partial charge in [0, 0.05) is 0 Å². The molecule has 1 aromatic carbocycles. The van der Waals surface area contributed by atoms with Crippen molar-refractivity contribution >= 4 is 6.09 Å². The molecule has 0 aromatic heterocycles. The second kappa shape index (κ2) is 4.85. The highest BCUT2D eigenvalue weighted by atomic mass is 16.6. The lowest BCUT2D eigenvalue weighted by Gasteiger charge is -2.10. The SMILES string of the molecule is O=C1NCC(COc2cccc(CO)c2)O1. The number of cyclic esters (lactones) is 1. The van der Waals surface area contributed by atoms with E-state index < -0.39 is 6.09 Å². The number of amides is 1. The molecule has 0 radical (unpaired) electrons. The lowest BCUT2D eigenvalue weighted by Crippen LogP contribution is -2.21. The Morgan fingerprint density at radius 1 is 1.56 bits per heavy atom. The van der Waals surface area contributed by atoms with E-state index in [1.807, 2.05) is 6.07 Å². The van der Waals surface area contributed by atoms with Crippen LogP contribution >= 0.6 is 0 Å². The standard InChI is InChI=1S/C11H13NO4/c13-6-8-2-1-3-9(4-8)15-7-10-5-12-11(14)16-10/h1-4,10,13H,5-7H2,(H,12,14). The third-order valence-corrected chi connectivity index (χ3v) is 2.26. The smallest absolute Gasteiger partial charge is 0.407 e. The van der Waals surface area contributed by atoms with Gasteiger partial charge in [-0.2, -0.15) is 0 Å². The number of benzene rings is 1. The van der Waals surface area contributed by atoms with Crippen LogP contribution in [0.3, 0.4) is 0 Å². The average molecular weight is 223 g/mol. The van der Waals surface area contributed by atoms with Crippen LogP contribution in [0.1, 0.15) is 5.56 Å². The third-order valence-electron chi connectivity index (χ3n) is 2.26. The van der Waals surface area contributed by atoms with Crippen molar-refractivity contribution in [3.63, 3.8) is 0 Å². The van der Waals surface area contributed by atoms with Crippen LogP contribution in [0, 0.1) is 0 Å². The summed E-state index contributed by atoms with van der Waals surface area (Å²) < 4.78 is 10.4. The molecule has 1 atom stereocenters. The summed E-state index contributed by atoms with van der Waals surface area (Å²) in [6, 6.07) is 7.16. The van der Waals surface area contributed by atoms with Gasteiger partial charge in [-0.1, -0.05) is 12.1 Å². The number of nitrogens with one attached hydrogen (secondary N) is 1. The minimum Gasteiger partial charge on any atom is -0.490 e. The lowest BCUT2D eigenvalue weighted by atomic mass is 10.2. The number of ether oxygens (including phenoxy) is 2. The van der Waals surface area contributed by atoms with Crippen LogP contribution < -0.4 is 10.1 Å². The molecule has 1 amide bonds. The molecular formula is C11H13NO4. The second-order valence-corrected chi connectivity index (χ2v) is 3.52. The fourth-order valence-electron chi connectivity index (χ4n) is 1.45. The first-order chi connectivity index (χ1) is 7.78. The van der Waals surface area contributed by atoms with E-state index >= 15 is 0 Å². The van der Waals surface area contributed by atoms with Crippen molar-refractivity contribution in [2.45, 2.75) is 12.7 Å². The summed E-state index contributed by atoms with van der Waals surface area (Å²) in [5, 5.41) is 11.5. The molecule has 2 rings (SSSR count). The van der Waals surface area contributed by atoms with Gasteiger partial charge < -0.3 is 19.9 Å². The first kappa shape index (κ1) is 10.8. The van der Waals surface area contributed by atoms with Gasteiger partial charge in [-0.15, -0.1) is 0 Å². The summed E-state index contributed by atoms with van der Waals surface area (Å²) in [5.74, 6) is 0.662. The van der Waals surface area contributed by atoms with Gasteiger partial charge >= 0.3 is 6.09 Å². The van der Waals surface area contributed by atoms with Crippen molar-refractivity contribution < 1.29 is 19.4 Å². The van der Waals surface area contributed by atoms with Crippen molar-refractivity contribution in [1.29, 1.82) is 0 Å². The molecule has 0 bridgehead atoms. The molecule has 1 aromatic rings.